The van der Waals surface area contributed by atoms with Gasteiger partial charge in [-0.2, -0.15) is 0 Å². The molecule has 6 atom stereocenters. The zero-order chi connectivity index (χ0) is 24.5. The minimum atomic E-state index is -0.787. The average molecular weight is 467 g/mol. The minimum absolute atomic E-state index is 0.129. The molecule has 2 aliphatic heterocycles. The Hall–Kier alpha value is -2.66. The lowest BCUT2D eigenvalue weighted by atomic mass is 9.98. The number of alkyl carbamates (subject to hydrolysis) is 1. The third kappa shape index (κ3) is 5.83. The number of ether oxygens (including phenoxy) is 3. The molecule has 3 rings (SSSR count). The Morgan fingerprint density at radius 2 is 2.03 bits per heavy atom. The number of carbonyl (C=O) groups is 2. The number of aryl methyl sites for hydroxylation is 1. The van der Waals surface area contributed by atoms with E-state index >= 15 is 0 Å². The number of carbonyl (C=O) groups excluding carboxylic acids is 2. The molecule has 2 saturated heterocycles. The van der Waals surface area contributed by atoms with Gasteiger partial charge in [0.2, 0.25) is 5.91 Å². The molecular formula is C22H34N4O7. The fourth-order valence-corrected chi connectivity index (χ4v) is 4.01. The molecule has 0 bridgehead atoms. The van der Waals surface area contributed by atoms with Crippen LogP contribution in [-0.2, 0) is 19.0 Å². The number of hydrogen-bond acceptors (Lipinski definition) is 7. The van der Waals surface area contributed by atoms with Crippen molar-refractivity contribution in [3.63, 3.8) is 0 Å². The summed E-state index contributed by atoms with van der Waals surface area (Å²) in [6.45, 7) is 10.9. The second-order valence-corrected chi connectivity index (χ2v) is 9.77. The van der Waals surface area contributed by atoms with Crippen molar-refractivity contribution in [1.29, 1.82) is 0 Å². The minimum Gasteiger partial charge on any atom is -0.444 e. The van der Waals surface area contributed by atoms with Gasteiger partial charge < -0.3 is 24.8 Å². The molecule has 0 radical (unpaired) electrons. The molecule has 3 N–H and O–H groups in total. The van der Waals surface area contributed by atoms with E-state index in [0.29, 0.717) is 18.4 Å². The van der Waals surface area contributed by atoms with E-state index in [1.54, 1.807) is 27.7 Å². The average Bonchev–Trinajstić information content (AvgIpc) is 3.28. The maximum atomic E-state index is 13.1. The summed E-state index contributed by atoms with van der Waals surface area (Å²) in [6.07, 6.45) is 0.505. The van der Waals surface area contributed by atoms with Crippen molar-refractivity contribution in [2.24, 2.45) is 5.92 Å². The van der Waals surface area contributed by atoms with Gasteiger partial charge in [0, 0.05) is 18.2 Å². The van der Waals surface area contributed by atoms with Gasteiger partial charge in [-0.1, -0.05) is 20.3 Å². The smallest absolute Gasteiger partial charge is 0.408 e. The molecule has 11 nitrogen and oxygen atoms in total. The fourth-order valence-electron chi connectivity index (χ4n) is 4.01. The third-order valence-corrected chi connectivity index (χ3v) is 5.95. The zero-order valence-corrected chi connectivity index (χ0v) is 20.0. The Balaban J connectivity index is 1.68. The largest absolute Gasteiger partial charge is 0.444 e. The van der Waals surface area contributed by atoms with Crippen LogP contribution in [0, 0.1) is 12.8 Å². The molecule has 1 aromatic heterocycles. The topological polar surface area (TPSA) is 141 Å². The lowest BCUT2D eigenvalue weighted by Gasteiger charge is -2.28. The SMILES string of the molecule is CC[C@H](C)[C@H](NC(=O)OC(C)(C)C)C(=O)N[C@H]1CO[C@@H]2C[C@H](n3cc(C)c(=O)[nH]c3=O)O[C@H]12. The molecule has 0 aromatic carbocycles. The van der Waals surface area contributed by atoms with Gasteiger partial charge in [-0.15, -0.1) is 0 Å². The van der Waals surface area contributed by atoms with Gasteiger partial charge in [-0.05, 0) is 33.6 Å². The second-order valence-electron chi connectivity index (χ2n) is 9.77. The van der Waals surface area contributed by atoms with E-state index in [1.165, 1.54) is 10.8 Å². The lowest BCUT2D eigenvalue weighted by molar-refractivity contribution is -0.126. The van der Waals surface area contributed by atoms with Crippen molar-refractivity contribution in [2.45, 2.75) is 90.5 Å². The number of hydrogen-bond donors (Lipinski definition) is 3. The van der Waals surface area contributed by atoms with Crippen LogP contribution in [0.25, 0.3) is 0 Å². The lowest BCUT2D eigenvalue weighted by Crippen LogP contribution is -2.55. The maximum absolute atomic E-state index is 13.1. The van der Waals surface area contributed by atoms with E-state index in [1.807, 2.05) is 13.8 Å². The number of aromatic amines is 1. The summed E-state index contributed by atoms with van der Waals surface area (Å²) < 4.78 is 18.5. The molecule has 1 aromatic rings. The van der Waals surface area contributed by atoms with Crippen LogP contribution in [0.2, 0.25) is 0 Å². The van der Waals surface area contributed by atoms with Crippen LogP contribution >= 0.6 is 0 Å². The highest BCUT2D eigenvalue weighted by Gasteiger charge is 2.48. The van der Waals surface area contributed by atoms with Crippen molar-refractivity contribution in [3.05, 3.63) is 32.6 Å². The maximum Gasteiger partial charge on any atom is 0.408 e. The van der Waals surface area contributed by atoms with Crippen molar-refractivity contribution in [1.82, 2.24) is 20.2 Å². The van der Waals surface area contributed by atoms with Crippen molar-refractivity contribution >= 4 is 12.0 Å². The molecule has 0 saturated carbocycles. The first-order valence-corrected chi connectivity index (χ1v) is 11.3. The van der Waals surface area contributed by atoms with E-state index in [0.717, 1.165) is 0 Å². The van der Waals surface area contributed by atoms with Crippen LogP contribution in [0.1, 0.15) is 59.3 Å². The normalized spacial score (nSPS) is 26.4. The predicted molar refractivity (Wildman–Crippen MR) is 119 cm³/mol. The molecule has 184 valence electrons. The highest BCUT2D eigenvalue weighted by molar-refractivity contribution is 5.86. The summed E-state index contributed by atoms with van der Waals surface area (Å²) in [4.78, 5) is 51.5. The van der Waals surface area contributed by atoms with Crippen molar-refractivity contribution < 1.29 is 23.8 Å². The van der Waals surface area contributed by atoms with E-state index in [4.69, 9.17) is 14.2 Å². The summed E-state index contributed by atoms with van der Waals surface area (Å²) >= 11 is 0. The van der Waals surface area contributed by atoms with Crippen LogP contribution in [0.4, 0.5) is 4.79 Å². The van der Waals surface area contributed by atoms with Crippen molar-refractivity contribution in [2.75, 3.05) is 6.61 Å². The van der Waals surface area contributed by atoms with E-state index in [-0.39, 0.29) is 24.5 Å². The van der Waals surface area contributed by atoms with Gasteiger partial charge >= 0.3 is 11.8 Å². The number of amides is 2. The van der Waals surface area contributed by atoms with E-state index in [9.17, 15) is 19.2 Å². The number of rotatable bonds is 6. The van der Waals surface area contributed by atoms with Crippen LogP contribution < -0.4 is 21.9 Å². The Morgan fingerprint density at radius 1 is 1.33 bits per heavy atom. The van der Waals surface area contributed by atoms with E-state index < -0.39 is 47.4 Å². The number of fused-ring (bicyclic) bond motifs is 1. The summed E-state index contributed by atoms with van der Waals surface area (Å²) in [5, 5.41) is 5.61. The number of aromatic nitrogens is 2. The molecular weight excluding hydrogens is 432 g/mol. The van der Waals surface area contributed by atoms with Crippen LogP contribution in [0.3, 0.4) is 0 Å². The summed E-state index contributed by atoms with van der Waals surface area (Å²) in [5.41, 5.74) is -1.29. The molecule has 0 spiro atoms. The van der Waals surface area contributed by atoms with Crippen LogP contribution in [0.15, 0.2) is 15.8 Å². The quantitative estimate of drug-likeness (QED) is 0.567. The van der Waals surface area contributed by atoms with Gasteiger partial charge in [0.05, 0.1) is 18.8 Å². The molecule has 0 unspecified atom stereocenters. The third-order valence-electron chi connectivity index (χ3n) is 5.95. The highest BCUT2D eigenvalue weighted by Crippen LogP contribution is 2.35. The monoisotopic (exact) mass is 466 g/mol. The summed E-state index contributed by atoms with van der Waals surface area (Å²) in [6, 6.07) is -1.23. The molecule has 2 fully saturated rings. The first-order chi connectivity index (χ1) is 15.4. The molecule has 3 heterocycles. The molecule has 0 aliphatic carbocycles. The zero-order valence-electron chi connectivity index (χ0n) is 20.0. The van der Waals surface area contributed by atoms with E-state index in [2.05, 4.69) is 15.6 Å². The number of nitrogens with zero attached hydrogens (tertiary/aromatic N) is 1. The van der Waals surface area contributed by atoms with Gasteiger partial charge in [0.15, 0.2) is 0 Å². The summed E-state index contributed by atoms with van der Waals surface area (Å²) in [5.74, 6) is -0.482. The van der Waals surface area contributed by atoms with Gasteiger partial charge in [-0.25, -0.2) is 9.59 Å². The Bertz CT molecular complexity index is 996. The number of H-pyrrole nitrogens is 1. The molecule has 2 aliphatic rings. The van der Waals surface area contributed by atoms with Crippen molar-refractivity contribution in [3.8, 4) is 0 Å². The second kappa shape index (κ2) is 9.68. The standard InChI is InChI=1S/C22H34N4O7/c1-7-11(2)16(24-21(30)33-22(4,5)6)19(28)23-13-10-31-14-8-15(32-17(13)14)26-9-12(3)18(27)25-20(26)29/h9,11,13-17H,7-8,10H2,1-6H3,(H,23,28)(H,24,30)(H,25,27,29)/t11-,13-,14+,15+,16-,17+/m0/s1. The number of nitrogens with one attached hydrogen (secondary N) is 3. The fraction of sp³-hybridized carbons (Fsp3) is 0.727. The van der Waals surface area contributed by atoms with Gasteiger partial charge in [0.25, 0.3) is 5.56 Å². The molecule has 11 heteroatoms. The Labute approximate surface area is 192 Å². The molecule has 33 heavy (non-hydrogen) atoms. The van der Waals surface area contributed by atoms with Gasteiger partial charge in [0.1, 0.15) is 24.0 Å². The Kier molecular flexibility index (Phi) is 7.32. The van der Waals surface area contributed by atoms with Crippen LogP contribution in [-0.4, -0.2) is 58.1 Å². The first kappa shape index (κ1) is 25.0. The Morgan fingerprint density at radius 3 is 2.67 bits per heavy atom. The molecule has 2 amide bonds. The predicted octanol–water partition coefficient (Wildman–Crippen LogP) is 0.956. The van der Waals surface area contributed by atoms with Gasteiger partial charge in [-0.3, -0.25) is 19.1 Å². The summed E-state index contributed by atoms with van der Waals surface area (Å²) in [7, 11) is 0. The van der Waals surface area contributed by atoms with Crippen LogP contribution in [0.5, 0.6) is 0 Å². The first-order valence-electron chi connectivity index (χ1n) is 11.3. The highest BCUT2D eigenvalue weighted by atomic mass is 16.6.